The SMILES string of the molecule is COc1ccc(C(=O)NC(C)c2ccc(F)c(F)c2)cc1S(=O)(=O)N1CCCCCC1. The summed E-state index contributed by atoms with van der Waals surface area (Å²) in [4.78, 5) is 12.7. The summed E-state index contributed by atoms with van der Waals surface area (Å²) in [5.41, 5.74) is 0.516. The summed E-state index contributed by atoms with van der Waals surface area (Å²) >= 11 is 0. The highest BCUT2D eigenvalue weighted by Gasteiger charge is 2.29. The van der Waals surface area contributed by atoms with Gasteiger partial charge in [0, 0.05) is 18.7 Å². The Morgan fingerprint density at radius 2 is 1.71 bits per heavy atom. The predicted molar refractivity (Wildman–Crippen MR) is 112 cm³/mol. The molecule has 6 nitrogen and oxygen atoms in total. The summed E-state index contributed by atoms with van der Waals surface area (Å²) in [7, 11) is -2.46. The Bertz CT molecular complexity index is 1050. The van der Waals surface area contributed by atoms with Gasteiger partial charge in [-0.05, 0) is 55.7 Å². The molecule has 1 atom stereocenters. The van der Waals surface area contributed by atoms with Gasteiger partial charge in [0.1, 0.15) is 10.6 Å². The maximum absolute atomic E-state index is 13.5. The Kier molecular flexibility index (Phi) is 7.27. The average Bonchev–Trinajstić information content (AvgIpc) is 3.05. The molecule has 0 radical (unpaired) electrons. The molecule has 31 heavy (non-hydrogen) atoms. The number of nitrogens with one attached hydrogen (secondary N) is 1. The number of carbonyl (C=O) groups excluding carboxylic acids is 1. The minimum atomic E-state index is -3.84. The number of amides is 1. The van der Waals surface area contributed by atoms with Crippen molar-refractivity contribution in [2.45, 2.75) is 43.5 Å². The number of hydrogen-bond acceptors (Lipinski definition) is 4. The fourth-order valence-corrected chi connectivity index (χ4v) is 5.28. The topological polar surface area (TPSA) is 75.7 Å². The van der Waals surface area contributed by atoms with Gasteiger partial charge in [-0.2, -0.15) is 4.31 Å². The molecule has 2 aromatic rings. The molecule has 0 aliphatic carbocycles. The Balaban J connectivity index is 1.86. The zero-order chi connectivity index (χ0) is 22.6. The number of hydrogen-bond donors (Lipinski definition) is 1. The van der Waals surface area contributed by atoms with Crippen LogP contribution < -0.4 is 10.1 Å². The highest BCUT2D eigenvalue weighted by Crippen LogP contribution is 2.29. The molecular weight excluding hydrogens is 426 g/mol. The average molecular weight is 453 g/mol. The second-order valence-corrected chi connectivity index (χ2v) is 9.46. The molecule has 1 aliphatic rings. The van der Waals surface area contributed by atoms with E-state index in [1.54, 1.807) is 6.92 Å². The molecule has 0 aromatic heterocycles. The van der Waals surface area contributed by atoms with Gasteiger partial charge in [-0.15, -0.1) is 0 Å². The van der Waals surface area contributed by atoms with Crippen molar-refractivity contribution in [2.24, 2.45) is 0 Å². The molecule has 1 N–H and O–H groups in total. The maximum atomic E-state index is 13.5. The molecule has 1 amide bonds. The van der Waals surface area contributed by atoms with Crippen LogP contribution in [0.3, 0.4) is 0 Å². The fourth-order valence-electron chi connectivity index (χ4n) is 3.59. The smallest absolute Gasteiger partial charge is 0.251 e. The summed E-state index contributed by atoms with van der Waals surface area (Å²) in [6.07, 6.45) is 3.53. The van der Waals surface area contributed by atoms with Crippen molar-refractivity contribution in [3.05, 3.63) is 59.2 Å². The van der Waals surface area contributed by atoms with E-state index in [2.05, 4.69) is 5.32 Å². The van der Waals surface area contributed by atoms with Crippen molar-refractivity contribution >= 4 is 15.9 Å². The van der Waals surface area contributed by atoms with Crippen LogP contribution in [0.4, 0.5) is 8.78 Å². The summed E-state index contributed by atoms with van der Waals surface area (Å²) in [5.74, 6) is -2.35. The van der Waals surface area contributed by atoms with E-state index in [0.29, 0.717) is 18.7 Å². The summed E-state index contributed by atoms with van der Waals surface area (Å²) in [6, 6.07) is 6.99. The number of halogens is 2. The summed E-state index contributed by atoms with van der Waals surface area (Å²) in [6.45, 7) is 2.48. The van der Waals surface area contributed by atoms with E-state index in [9.17, 15) is 22.0 Å². The monoisotopic (exact) mass is 452 g/mol. The van der Waals surface area contributed by atoms with Gasteiger partial charge in [-0.1, -0.05) is 18.9 Å². The molecule has 9 heteroatoms. The first-order valence-electron chi connectivity index (χ1n) is 10.2. The van der Waals surface area contributed by atoms with Crippen molar-refractivity contribution in [3.8, 4) is 5.75 Å². The van der Waals surface area contributed by atoms with Crippen molar-refractivity contribution in [3.63, 3.8) is 0 Å². The number of methoxy groups -OCH3 is 1. The zero-order valence-electron chi connectivity index (χ0n) is 17.5. The molecule has 3 rings (SSSR count). The molecule has 1 heterocycles. The van der Waals surface area contributed by atoms with Gasteiger partial charge in [-0.3, -0.25) is 4.79 Å². The lowest BCUT2D eigenvalue weighted by atomic mass is 10.1. The van der Waals surface area contributed by atoms with Crippen LogP contribution in [0.25, 0.3) is 0 Å². The largest absolute Gasteiger partial charge is 0.495 e. The van der Waals surface area contributed by atoms with Crippen LogP contribution in [-0.4, -0.2) is 38.8 Å². The minimum absolute atomic E-state index is 0.0648. The molecule has 1 fully saturated rings. The predicted octanol–water partition coefficient (Wildman–Crippen LogP) is 4.03. The molecule has 0 spiro atoms. The van der Waals surface area contributed by atoms with E-state index in [-0.39, 0.29) is 16.2 Å². The Morgan fingerprint density at radius 1 is 1.03 bits per heavy atom. The molecule has 2 aromatic carbocycles. The summed E-state index contributed by atoms with van der Waals surface area (Å²) < 4.78 is 59.8. The number of sulfonamides is 1. The third-order valence-corrected chi connectivity index (χ3v) is 7.32. The zero-order valence-corrected chi connectivity index (χ0v) is 18.3. The van der Waals surface area contributed by atoms with Gasteiger partial charge < -0.3 is 10.1 Å². The second kappa shape index (κ2) is 9.74. The normalized spacial score (nSPS) is 16.4. The molecule has 1 aliphatic heterocycles. The van der Waals surface area contributed by atoms with E-state index in [1.807, 2.05) is 0 Å². The molecule has 168 valence electrons. The van der Waals surface area contributed by atoms with Gasteiger partial charge in [-0.25, -0.2) is 17.2 Å². The number of benzene rings is 2. The number of carbonyl (C=O) groups is 1. The lowest BCUT2D eigenvalue weighted by molar-refractivity contribution is 0.0939. The van der Waals surface area contributed by atoms with Gasteiger partial charge in [0.15, 0.2) is 11.6 Å². The fraction of sp³-hybridized carbons (Fsp3) is 0.409. The lowest BCUT2D eigenvalue weighted by Gasteiger charge is -2.22. The van der Waals surface area contributed by atoms with Crippen LogP contribution >= 0.6 is 0 Å². The first-order chi connectivity index (χ1) is 14.7. The Labute approximate surface area is 181 Å². The van der Waals surface area contributed by atoms with E-state index in [0.717, 1.165) is 37.8 Å². The molecule has 1 saturated heterocycles. The van der Waals surface area contributed by atoms with Crippen molar-refractivity contribution in [1.29, 1.82) is 0 Å². The van der Waals surface area contributed by atoms with Crippen LogP contribution in [-0.2, 0) is 10.0 Å². The minimum Gasteiger partial charge on any atom is -0.495 e. The van der Waals surface area contributed by atoms with Crippen molar-refractivity contribution in [2.75, 3.05) is 20.2 Å². The second-order valence-electron chi connectivity index (χ2n) is 7.55. The van der Waals surface area contributed by atoms with Gasteiger partial charge in [0.25, 0.3) is 5.91 Å². The van der Waals surface area contributed by atoms with Gasteiger partial charge in [0.05, 0.1) is 13.2 Å². The van der Waals surface area contributed by atoms with Crippen molar-refractivity contribution in [1.82, 2.24) is 9.62 Å². The first-order valence-corrected chi connectivity index (χ1v) is 11.6. The standard InChI is InChI=1S/C22H26F2N2O4S/c1-15(16-7-9-18(23)19(24)13-16)25-22(27)17-8-10-20(30-2)21(14-17)31(28,29)26-11-5-3-4-6-12-26/h7-10,13-15H,3-6,11-12H2,1-2H3,(H,25,27). The number of nitrogens with zero attached hydrogens (tertiary/aromatic N) is 1. The molecule has 1 unspecified atom stereocenters. The quantitative estimate of drug-likeness (QED) is 0.718. The third kappa shape index (κ3) is 5.22. The number of ether oxygens (including phenoxy) is 1. The summed E-state index contributed by atoms with van der Waals surface area (Å²) in [5, 5.41) is 2.69. The molecule has 0 bridgehead atoms. The van der Waals surface area contributed by atoms with E-state index < -0.39 is 33.6 Å². The van der Waals surface area contributed by atoms with Crippen LogP contribution in [0.2, 0.25) is 0 Å². The highest BCUT2D eigenvalue weighted by atomic mass is 32.2. The molecule has 0 saturated carbocycles. The van der Waals surface area contributed by atoms with Gasteiger partial charge in [0.2, 0.25) is 10.0 Å². The lowest BCUT2D eigenvalue weighted by Crippen LogP contribution is -2.32. The molecular formula is C22H26F2N2O4S. The van der Waals surface area contributed by atoms with Crippen LogP contribution in [0.15, 0.2) is 41.3 Å². The maximum Gasteiger partial charge on any atom is 0.251 e. The Morgan fingerprint density at radius 3 is 2.32 bits per heavy atom. The van der Waals surface area contributed by atoms with E-state index >= 15 is 0 Å². The van der Waals surface area contributed by atoms with Crippen LogP contribution in [0.1, 0.15) is 54.6 Å². The highest BCUT2D eigenvalue weighted by molar-refractivity contribution is 7.89. The Hall–Kier alpha value is -2.52. The van der Waals surface area contributed by atoms with Crippen LogP contribution in [0, 0.1) is 11.6 Å². The number of rotatable bonds is 6. The van der Waals surface area contributed by atoms with Crippen molar-refractivity contribution < 1.29 is 26.7 Å². The van der Waals surface area contributed by atoms with E-state index in [4.69, 9.17) is 4.74 Å². The first kappa shape index (κ1) is 23.1. The van der Waals surface area contributed by atoms with E-state index in [1.165, 1.54) is 35.7 Å². The van der Waals surface area contributed by atoms with Crippen LogP contribution in [0.5, 0.6) is 5.75 Å². The third-order valence-electron chi connectivity index (χ3n) is 5.40. The van der Waals surface area contributed by atoms with Gasteiger partial charge >= 0.3 is 0 Å².